The summed E-state index contributed by atoms with van der Waals surface area (Å²) in [5.74, 6) is -0.891. The fourth-order valence-electron chi connectivity index (χ4n) is 0.706. The van der Waals surface area contributed by atoms with Gasteiger partial charge in [0, 0.05) is 6.92 Å². The quantitative estimate of drug-likeness (QED) is 0.513. The number of halogens is 1. The van der Waals surface area contributed by atoms with E-state index in [1.54, 1.807) is 0 Å². The van der Waals surface area contributed by atoms with Crippen LogP contribution in [0.5, 0.6) is 0 Å². The van der Waals surface area contributed by atoms with E-state index >= 15 is 0 Å². The van der Waals surface area contributed by atoms with Crippen molar-refractivity contribution < 1.29 is 19.1 Å². The van der Waals surface area contributed by atoms with Crippen LogP contribution in [0.25, 0.3) is 0 Å². The Bertz CT molecular complexity index is 200. The normalized spacial score (nSPS) is 10.8. The molecule has 13 heavy (non-hydrogen) atoms. The van der Waals surface area contributed by atoms with Crippen molar-refractivity contribution >= 4 is 23.5 Å². The highest BCUT2D eigenvalue weighted by atomic mass is 35.5. The molecule has 0 rings (SSSR count). The van der Waals surface area contributed by atoms with E-state index in [0.29, 0.717) is 0 Å². The predicted octanol–water partition coefficient (Wildman–Crippen LogP) is 1.11. The second kappa shape index (κ2) is 5.07. The van der Waals surface area contributed by atoms with E-state index in [1.807, 2.05) is 0 Å². The molecular weight excluding hydrogens is 196 g/mol. The van der Waals surface area contributed by atoms with Crippen LogP contribution in [0.1, 0.15) is 20.8 Å². The summed E-state index contributed by atoms with van der Waals surface area (Å²) in [5, 5.41) is 0. The van der Waals surface area contributed by atoms with Crippen molar-refractivity contribution in [2.75, 3.05) is 12.5 Å². The molecule has 0 atom stereocenters. The van der Waals surface area contributed by atoms with Gasteiger partial charge in [-0.3, -0.25) is 4.79 Å². The molecule has 0 spiro atoms. The van der Waals surface area contributed by atoms with Crippen LogP contribution < -0.4 is 0 Å². The molecule has 0 saturated heterocycles. The van der Waals surface area contributed by atoms with Crippen molar-refractivity contribution in [3.05, 3.63) is 0 Å². The van der Waals surface area contributed by atoms with Gasteiger partial charge in [-0.25, -0.2) is 4.79 Å². The van der Waals surface area contributed by atoms with Crippen LogP contribution >= 0.6 is 11.6 Å². The molecular formula is C8H13ClO4. The van der Waals surface area contributed by atoms with Gasteiger partial charge in [0.25, 0.3) is 0 Å². The summed E-state index contributed by atoms with van der Waals surface area (Å²) in [6, 6.07) is 0. The van der Waals surface area contributed by atoms with Crippen LogP contribution in [0.4, 0.5) is 0 Å². The maximum absolute atomic E-state index is 11.2. The summed E-state index contributed by atoms with van der Waals surface area (Å²) in [6.45, 7) is 4.28. The van der Waals surface area contributed by atoms with Gasteiger partial charge in [-0.15, -0.1) is 11.6 Å². The largest absolute Gasteiger partial charge is 0.461 e. The minimum Gasteiger partial charge on any atom is -0.461 e. The standard InChI is InChI=1S/C8H13ClO4/c1-6(10)13-8(2,3)7(11)12-5-4-9/h4-5H2,1-3H3. The van der Waals surface area contributed by atoms with Gasteiger partial charge in [0.15, 0.2) is 0 Å². The van der Waals surface area contributed by atoms with Crippen molar-refractivity contribution in [3.8, 4) is 0 Å². The summed E-state index contributed by atoms with van der Waals surface area (Å²) in [7, 11) is 0. The van der Waals surface area contributed by atoms with Crippen LogP contribution in [0, 0.1) is 0 Å². The molecule has 0 aromatic heterocycles. The highest BCUT2D eigenvalue weighted by molar-refractivity contribution is 6.18. The number of ether oxygens (including phenoxy) is 2. The Morgan fingerprint density at radius 3 is 2.31 bits per heavy atom. The second-order valence-corrected chi connectivity index (χ2v) is 3.31. The van der Waals surface area contributed by atoms with Crippen molar-refractivity contribution in [3.63, 3.8) is 0 Å². The minimum absolute atomic E-state index is 0.116. The number of carbonyl (C=O) groups is 2. The topological polar surface area (TPSA) is 52.6 Å². The third-order valence-electron chi connectivity index (χ3n) is 1.20. The second-order valence-electron chi connectivity index (χ2n) is 2.93. The lowest BCUT2D eigenvalue weighted by Crippen LogP contribution is -2.38. The molecule has 0 N–H and O–H groups in total. The Morgan fingerprint density at radius 1 is 1.38 bits per heavy atom. The van der Waals surface area contributed by atoms with E-state index in [0.717, 1.165) is 0 Å². The Hall–Kier alpha value is -0.770. The van der Waals surface area contributed by atoms with E-state index < -0.39 is 17.5 Å². The number of rotatable bonds is 4. The van der Waals surface area contributed by atoms with Crippen molar-refractivity contribution in [1.29, 1.82) is 0 Å². The molecule has 0 amide bonds. The zero-order valence-corrected chi connectivity index (χ0v) is 8.68. The lowest BCUT2D eigenvalue weighted by atomic mass is 10.1. The third kappa shape index (κ3) is 4.72. The lowest BCUT2D eigenvalue weighted by molar-refractivity contribution is -0.176. The maximum Gasteiger partial charge on any atom is 0.350 e. The number of alkyl halides is 1. The molecule has 0 aromatic rings. The molecule has 0 aliphatic rings. The van der Waals surface area contributed by atoms with E-state index in [9.17, 15) is 9.59 Å². The van der Waals surface area contributed by atoms with Crippen molar-refractivity contribution in [1.82, 2.24) is 0 Å². The number of carbonyl (C=O) groups excluding carboxylic acids is 2. The van der Waals surface area contributed by atoms with Gasteiger partial charge in [-0.1, -0.05) is 0 Å². The van der Waals surface area contributed by atoms with E-state index in [4.69, 9.17) is 21.1 Å². The molecule has 5 heteroatoms. The Kier molecular flexibility index (Phi) is 4.77. The molecule has 0 aliphatic carbocycles. The molecule has 0 unspecified atom stereocenters. The molecule has 0 fully saturated rings. The maximum atomic E-state index is 11.2. The first-order chi connectivity index (χ1) is 5.90. The molecule has 0 saturated carbocycles. The number of hydrogen-bond donors (Lipinski definition) is 0. The minimum atomic E-state index is -1.24. The fourth-order valence-corrected chi connectivity index (χ4v) is 0.783. The number of hydrogen-bond acceptors (Lipinski definition) is 4. The Labute approximate surface area is 82.1 Å². The zero-order valence-electron chi connectivity index (χ0n) is 7.93. The highest BCUT2D eigenvalue weighted by Gasteiger charge is 2.32. The van der Waals surface area contributed by atoms with Crippen molar-refractivity contribution in [2.45, 2.75) is 26.4 Å². The molecule has 0 aliphatic heterocycles. The van der Waals surface area contributed by atoms with Gasteiger partial charge in [0.2, 0.25) is 5.60 Å². The average Bonchev–Trinajstić information content (AvgIpc) is 1.97. The van der Waals surface area contributed by atoms with Gasteiger partial charge >= 0.3 is 11.9 Å². The Morgan fingerprint density at radius 2 is 1.92 bits per heavy atom. The molecule has 0 bridgehead atoms. The SMILES string of the molecule is CC(=O)OC(C)(C)C(=O)OCCCl. The molecule has 0 aromatic carbocycles. The first kappa shape index (κ1) is 12.2. The van der Waals surface area contributed by atoms with Crippen LogP contribution in [-0.4, -0.2) is 30.0 Å². The third-order valence-corrected chi connectivity index (χ3v) is 1.36. The smallest absolute Gasteiger partial charge is 0.350 e. The van der Waals surface area contributed by atoms with Gasteiger partial charge in [0.05, 0.1) is 5.88 Å². The fraction of sp³-hybridized carbons (Fsp3) is 0.750. The van der Waals surface area contributed by atoms with E-state index in [-0.39, 0.29) is 12.5 Å². The summed E-state index contributed by atoms with van der Waals surface area (Å²) < 4.78 is 9.45. The van der Waals surface area contributed by atoms with Crippen LogP contribution in [0.3, 0.4) is 0 Å². The summed E-state index contributed by atoms with van der Waals surface area (Å²) in [6.07, 6.45) is 0. The summed E-state index contributed by atoms with van der Waals surface area (Å²) in [4.78, 5) is 21.8. The molecule has 76 valence electrons. The van der Waals surface area contributed by atoms with E-state index in [2.05, 4.69) is 0 Å². The van der Waals surface area contributed by atoms with Gasteiger partial charge in [-0.05, 0) is 13.8 Å². The monoisotopic (exact) mass is 208 g/mol. The first-order valence-electron chi connectivity index (χ1n) is 3.83. The van der Waals surface area contributed by atoms with E-state index in [1.165, 1.54) is 20.8 Å². The molecule has 0 heterocycles. The van der Waals surface area contributed by atoms with Crippen LogP contribution in [0.15, 0.2) is 0 Å². The average molecular weight is 209 g/mol. The molecule has 0 radical (unpaired) electrons. The summed E-state index contributed by atoms with van der Waals surface area (Å²) in [5.41, 5.74) is -1.24. The lowest BCUT2D eigenvalue weighted by Gasteiger charge is -2.21. The highest BCUT2D eigenvalue weighted by Crippen LogP contribution is 2.11. The first-order valence-corrected chi connectivity index (χ1v) is 4.36. The predicted molar refractivity (Wildman–Crippen MR) is 47.5 cm³/mol. The number of esters is 2. The Balaban J connectivity index is 4.10. The van der Waals surface area contributed by atoms with Gasteiger partial charge in [0.1, 0.15) is 6.61 Å². The van der Waals surface area contributed by atoms with Gasteiger partial charge < -0.3 is 9.47 Å². The van der Waals surface area contributed by atoms with Crippen LogP contribution in [0.2, 0.25) is 0 Å². The van der Waals surface area contributed by atoms with Crippen LogP contribution in [-0.2, 0) is 19.1 Å². The van der Waals surface area contributed by atoms with Crippen molar-refractivity contribution in [2.24, 2.45) is 0 Å². The van der Waals surface area contributed by atoms with Gasteiger partial charge in [-0.2, -0.15) is 0 Å². The molecule has 4 nitrogen and oxygen atoms in total. The summed E-state index contributed by atoms with van der Waals surface area (Å²) >= 11 is 5.32. The zero-order chi connectivity index (χ0) is 10.5.